The van der Waals surface area contributed by atoms with E-state index in [1.165, 1.54) is 12.5 Å². The minimum atomic E-state index is -1.10. The molecule has 3 heteroatoms. The summed E-state index contributed by atoms with van der Waals surface area (Å²) >= 11 is 0. The molecule has 1 N–H and O–H groups in total. The van der Waals surface area contributed by atoms with Crippen LogP contribution in [0.25, 0.3) is 16.8 Å². The first kappa shape index (κ1) is 13.3. The topological polar surface area (TPSA) is 46.5 Å². The Kier molecular flexibility index (Phi) is 4.31. The van der Waals surface area contributed by atoms with Crippen LogP contribution < -0.4 is 0 Å². The minimum absolute atomic E-state index is 0.250. The van der Waals surface area contributed by atoms with Crippen molar-refractivity contribution in [1.29, 1.82) is 0 Å². The minimum Gasteiger partial charge on any atom is -0.467 e. The van der Waals surface area contributed by atoms with Crippen LogP contribution in [0.3, 0.4) is 0 Å². The van der Waals surface area contributed by atoms with Crippen molar-refractivity contribution in [2.45, 2.75) is 12.5 Å². The number of fused-ring (bicyclic) bond motifs is 1. The Morgan fingerprint density at radius 1 is 1.26 bits per heavy atom. The van der Waals surface area contributed by atoms with Gasteiger partial charge in [-0.05, 0) is 22.4 Å². The molecule has 0 aliphatic carbocycles. The first-order valence-corrected chi connectivity index (χ1v) is 6.12. The van der Waals surface area contributed by atoms with Crippen molar-refractivity contribution >= 4 is 22.8 Å². The van der Waals surface area contributed by atoms with Crippen molar-refractivity contribution in [3.05, 3.63) is 54.1 Å². The molecule has 0 radical (unpaired) electrons. The van der Waals surface area contributed by atoms with Crippen LogP contribution in [-0.2, 0) is 9.53 Å². The van der Waals surface area contributed by atoms with Crippen molar-refractivity contribution in [2.24, 2.45) is 0 Å². The highest BCUT2D eigenvalue weighted by atomic mass is 16.5. The van der Waals surface area contributed by atoms with Crippen LogP contribution in [0.2, 0.25) is 0 Å². The van der Waals surface area contributed by atoms with Crippen LogP contribution >= 0.6 is 0 Å². The summed E-state index contributed by atoms with van der Waals surface area (Å²) in [5.41, 5.74) is 1.04. The standard InChI is InChI=1S/C16H16O3/c1-19-16(18)15(17)8-4-5-12-9-10-13-6-2-3-7-14(13)11-12/h2-7,9-11,15,17H,8H2,1H3. The molecule has 1 atom stereocenters. The number of esters is 1. The Morgan fingerprint density at radius 3 is 2.74 bits per heavy atom. The Hall–Kier alpha value is -2.13. The molecule has 0 saturated carbocycles. The summed E-state index contributed by atoms with van der Waals surface area (Å²) in [4.78, 5) is 11.0. The zero-order chi connectivity index (χ0) is 13.7. The maximum Gasteiger partial charge on any atom is 0.335 e. The van der Waals surface area contributed by atoms with Gasteiger partial charge in [0.05, 0.1) is 7.11 Å². The summed E-state index contributed by atoms with van der Waals surface area (Å²) in [5.74, 6) is -0.608. The summed E-state index contributed by atoms with van der Waals surface area (Å²) in [6.07, 6.45) is 2.81. The predicted molar refractivity (Wildman–Crippen MR) is 75.6 cm³/mol. The quantitative estimate of drug-likeness (QED) is 0.856. The zero-order valence-electron chi connectivity index (χ0n) is 10.7. The Morgan fingerprint density at radius 2 is 2.00 bits per heavy atom. The number of hydrogen-bond donors (Lipinski definition) is 1. The number of benzene rings is 2. The van der Waals surface area contributed by atoms with Gasteiger partial charge in [-0.25, -0.2) is 4.79 Å². The van der Waals surface area contributed by atoms with Crippen molar-refractivity contribution in [3.63, 3.8) is 0 Å². The Balaban J connectivity index is 2.07. The van der Waals surface area contributed by atoms with Gasteiger partial charge in [-0.1, -0.05) is 48.6 Å². The number of carbonyl (C=O) groups is 1. The van der Waals surface area contributed by atoms with E-state index in [9.17, 15) is 9.90 Å². The normalized spacial score (nSPS) is 12.7. The number of ether oxygens (including phenoxy) is 1. The number of hydrogen-bond acceptors (Lipinski definition) is 3. The van der Waals surface area contributed by atoms with Crippen molar-refractivity contribution < 1.29 is 14.6 Å². The number of aliphatic hydroxyl groups is 1. The molecule has 0 saturated heterocycles. The summed E-state index contributed by atoms with van der Waals surface area (Å²) in [7, 11) is 1.26. The molecule has 0 fully saturated rings. The van der Waals surface area contributed by atoms with Crippen LogP contribution in [0.5, 0.6) is 0 Å². The van der Waals surface area contributed by atoms with Gasteiger partial charge in [-0.15, -0.1) is 0 Å². The van der Waals surface area contributed by atoms with Gasteiger partial charge in [0.2, 0.25) is 0 Å². The molecular formula is C16H16O3. The van der Waals surface area contributed by atoms with Crippen molar-refractivity contribution in [1.82, 2.24) is 0 Å². The van der Waals surface area contributed by atoms with Crippen molar-refractivity contribution in [2.75, 3.05) is 7.11 Å². The lowest BCUT2D eigenvalue weighted by Crippen LogP contribution is -2.20. The van der Waals surface area contributed by atoms with E-state index in [1.54, 1.807) is 6.08 Å². The summed E-state index contributed by atoms with van der Waals surface area (Å²) in [6.45, 7) is 0. The lowest BCUT2D eigenvalue weighted by atomic mass is 10.1. The van der Waals surface area contributed by atoms with Gasteiger partial charge < -0.3 is 9.84 Å². The molecule has 2 aromatic rings. The monoisotopic (exact) mass is 256 g/mol. The maximum atomic E-state index is 11.0. The third-order valence-electron chi connectivity index (χ3n) is 2.92. The Labute approximate surface area is 112 Å². The molecule has 1 unspecified atom stereocenters. The third-order valence-corrected chi connectivity index (χ3v) is 2.92. The highest BCUT2D eigenvalue weighted by Crippen LogP contribution is 2.16. The smallest absolute Gasteiger partial charge is 0.335 e. The third kappa shape index (κ3) is 3.42. The van der Waals surface area contributed by atoms with Gasteiger partial charge >= 0.3 is 5.97 Å². The second-order valence-electron chi connectivity index (χ2n) is 4.28. The molecule has 3 nitrogen and oxygen atoms in total. The fourth-order valence-corrected chi connectivity index (χ4v) is 1.88. The summed E-state index contributed by atoms with van der Waals surface area (Å²) in [6, 6.07) is 14.2. The maximum absolute atomic E-state index is 11.0. The first-order valence-electron chi connectivity index (χ1n) is 6.12. The molecule has 19 heavy (non-hydrogen) atoms. The van der Waals surface area contributed by atoms with E-state index in [-0.39, 0.29) is 6.42 Å². The molecule has 0 heterocycles. The van der Waals surface area contributed by atoms with Gasteiger partial charge in [-0.3, -0.25) is 0 Å². The van der Waals surface area contributed by atoms with Gasteiger partial charge in [0.15, 0.2) is 6.10 Å². The molecule has 98 valence electrons. The van der Waals surface area contributed by atoms with E-state index in [0.717, 1.165) is 10.9 Å². The van der Waals surface area contributed by atoms with Crippen LogP contribution in [0.1, 0.15) is 12.0 Å². The number of carbonyl (C=O) groups excluding carboxylic acids is 1. The van der Waals surface area contributed by atoms with E-state index in [2.05, 4.69) is 22.9 Å². The lowest BCUT2D eigenvalue weighted by Gasteiger charge is -2.04. The van der Waals surface area contributed by atoms with Crippen LogP contribution in [0.15, 0.2) is 48.5 Å². The van der Waals surface area contributed by atoms with Gasteiger partial charge in [-0.2, -0.15) is 0 Å². The molecule has 0 amide bonds. The first-order chi connectivity index (χ1) is 9.20. The van der Waals surface area contributed by atoms with E-state index in [4.69, 9.17) is 0 Å². The number of aliphatic hydroxyl groups excluding tert-OH is 1. The van der Waals surface area contributed by atoms with Gasteiger partial charge in [0.25, 0.3) is 0 Å². The Bertz CT molecular complexity index is 602. The van der Waals surface area contributed by atoms with E-state index in [0.29, 0.717) is 0 Å². The molecule has 0 aromatic heterocycles. The summed E-state index contributed by atoms with van der Waals surface area (Å²) < 4.78 is 4.45. The van der Waals surface area contributed by atoms with Crippen LogP contribution in [0, 0.1) is 0 Å². The highest BCUT2D eigenvalue weighted by molar-refractivity contribution is 5.84. The highest BCUT2D eigenvalue weighted by Gasteiger charge is 2.12. The van der Waals surface area contributed by atoms with Gasteiger partial charge in [0, 0.05) is 6.42 Å². The number of methoxy groups -OCH3 is 1. The predicted octanol–water partition coefficient (Wildman–Crippen LogP) is 2.78. The van der Waals surface area contributed by atoms with E-state index in [1.807, 2.05) is 30.3 Å². The molecule has 2 aromatic carbocycles. The fourth-order valence-electron chi connectivity index (χ4n) is 1.88. The largest absolute Gasteiger partial charge is 0.467 e. The molecule has 0 aliphatic heterocycles. The van der Waals surface area contributed by atoms with E-state index >= 15 is 0 Å². The number of rotatable bonds is 4. The lowest BCUT2D eigenvalue weighted by molar-refractivity contribution is -0.150. The molecule has 0 aliphatic rings. The van der Waals surface area contributed by atoms with Crippen LogP contribution in [0.4, 0.5) is 0 Å². The second kappa shape index (κ2) is 6.16. The SMILES string of the molecule is COC(=O)C(O)CC=Cc1ccc2ccccc2c1. The fraction of sp³-hybridized carbons (Fsp3) is 0.188. The average Bonchev–Trinajstić information content (AvgIpc) is 2.46. The van der Waals surface area contributed by atoms with Crippen LogP contribution in [-0.4, -0.2) is 24.3 Å². The average molecular weight is 256 g/mol. The molecular weight excluding hydrogens is 240 g/mol. The zero-order valence-corrected chi connectivity index (χ0v) is 10.7. The van der Waals surface area contributed by atoms with Gasteiger partial charge in [0.1, 0.15) is 0 Å². The van der Waals surface area contributed by atoms with E-state index < -0.39 is 12.1 Å². The molecule has 0 spiro atoms. The van der Waals surface area contributed by atoms with Crippen molar-refractivity contribution in [3.8, 4) is 0 Å². The summed E-state index contributed by atoms with van der Waals surface area (Å²) in [5, 5.41) is 11.8. The molecule has 0 bridgehead atoms. The molecule has 2 rings (SSSR count). The second-order valence-corrected chi connectivity index (χ2v) is 4.28.